The van der Waals surface area contributed by atoms with Crippen LogP contribution < -0.4 is 10.1 Å². The standard InChI is InChI=1S/C13H18FNO3/c1-3-6-15-13(17)8-18-12-5-4-10(14)7-11(12)9(2)16/h4-5,7,9,16H,3,6,8H2,1-2H3,(H,15,17). The molecule has 0 aliphatic rings. The van der Waals surface area contributed by atoms with Crippen molar-refractivity contribution in [3.05, 3.63) is 29.6 Å². The molecule has 0 fully saturated rings. The summed E-state index contributed by atoms with van der Waals surface area (Å²) >= 11 is 0. The molecule has 0 spiro atoms. The average Bonchev–Trinajstić information content (AvgIpc) is 2.34. The van der Waals surface area contributed by atoms with Gasteiger partial charge in [0.25, 0.3) is 5.91 Å². The average molecular weight is 255 g/mol. The van der Waals surface area contributed by atoms with E-state index in [-0.39, 0.29) is 12.5 Å². The van der Waals surface area contributed by atoms with Crippen LogP contribution in [0.4, 0.5) is 4.39 Å². The first-order valence-electron chi connectivity index (χ1n) is 5.91. The molecule has 1 aromatic rings. The highest BCUT2D eigenvalue weighted by Crippen LogP contribution is 2.25. The van der Waals surface area contributed by atoms with Crippen LogP contribution in [0, 0.1) is 5.82 Å². The topological polar surface area (TPSA) is 58.6 Å². The van der Waals surface area contributed by atoms with Gasteiger partial charge in [-0.3, -0.25) is 4.79 Å². The predicted molar refractivity (Wildman–Crippen MR) is 65.8 cm³/mol. The molecule has 5 heteroatoms. The Hall–Kier alpha value is -1.62. The van der Waals surface area contributed by atoms with Crippen LogP contribution in [0.5, 0.6) is 5.75 Å². The molecule has 1 unspecified atom stereocenters. The fourth-order valence-corrected chi connectivity index (χ4v) is 1.44. The maximum Gasteiger partial charge on any atom is 0.257 e. The van der Waals surface area contributed by atoms with Crippen molar-refractivity contribution in [3.63, 3.8) is 0 Å². The first-order chi connectivity index (χ1) is 8.54. The number of aliphatic hydroxyl groups excluding tert-OH is 1. The quantitative estimate of drug-likeness (QED) is 0.814. The third kappa shape index (κ3) is 4.33. The van der Waals surface area contributed by atoms with E-state index in [1.165, 1.54) is 25.1 Å². The molecular formula is C13H18FNO3. The molecule has 0 radical (unpaired) electrons. The SMILES string of the molecule is CCCNC(=O)COc1ccc(F)cc1C(C)O. The van der Waals surface area contributed by atoms with Crippen molar-refractivity contribution < 1.29 is 19.0 Å². The number of halogens is 1. The minimum Gasteiger partial charge on any atom is -0.483 e. The van der Waals surface area contributed by atoms with Gasteiger partial charge in [0.2, 0.25) is 0 Å². The monoisotopic (exact) mass is 255 g/mol. The van der Waals surface area contributed by atoms with Gasteiger partial charge in [0, 0.05) is 12.1 Å². The molecule has 4 nitrogen and oxygen atoms in total. The minimum absolute atomic E-state index is 0.147. The normalized spacial score (nSPS) is 12.0. The summed E-state index contributed by atoms with van der Waals surface area (Å²) in [5.41, 5.74) is 0.332. The highest BCUT2D eigenvalue weighted by molar-refractivity contribution is 5.77. The first kappa shape index (κ1) is 14.4. The summed E-state index contributed by atoms with van der Waals surface area (Å²) in [5, 5.41) is 12.2. The van der Waals surface area contributed by atoms with E-state index in [9.17, 15) is 14.3 Å². The lowest BCUT2D eigenvalue weighted by Gasteiger charge is -2.13. The molecule has 0 saturated carbocycles. The zero-order chi connectivity index (χ0) is 13.5. The zero-order valence-electron chi connectivity index (χ0n) is 10.6. The molecule has 2 N–H and O–H groups in total. The van der Waals surface area contributed by atoms with Gasteiger partial charge in [-0.15, -0.1) is 0 Å². The van der Waals surface area contributed by atoms with Crippen LogP contribution in [-0.4, -0.2) is 24.2 Å². The number of carbonyl (C=O) groups excluding carboxylic acids is 1. The van der Waals surface area contributed by atoms with E-state index < -0.39 is 11.9 Å². The smallest absolute Gasteiger partial charge is 0.257 e. The number of aliphatic hydroxyl groups is 1. The molecule has 0 aromatic heterocycles. The van der Waals surface area contributed by atoms with Crippen LogP contribution in [0.25, 0.3) is 0 Å². The third-order valence-corrected chi connectivity index (χ3v) is 2.35. The van der Waals surface area contributed by atoms with Gasteiger partial charge in [0.1, 0.15) is 11.6 Å². The predicted octanol–water partition coefficient (Wildman–Crippen LogP) is 1.78. The van der Waals surface area contributed by atoms with Crippen LogP contribution >= 0.6 is 0 Å². The van der Waals surface area contributed by atoms with Crippen LogP contribution in [-0.2, 0) is 4.79 Å². The van der Waals surface area contributed by atoms with Gasteiger partial charge in [-0.25, -0.2) is 4.39 Å². The molecule has 100 valence electrons. The van der Waals surface area contributed by atoms with E-state index in [0.29, 0.717) is 17.9 Å². The third-order valence-electron chi connectivity index (χ3n) is 2.35. The number of rotatable bonds is 6. The van der Waals surface area contributed by atoms with Gasteiger partial charge in [0.05, 0.1) is 6.10 Å². The number of hydrogen-bond donors (Lipinski definition) is 2. The molecule has 0 aliphatic carbocycles. The molecule has 18 heavy (non-hydrogen) atoms. The molecule has 0 bridgehead atoms. The van der Waals surface area contributed by atoms with Crippen molar-refractivity contribution in [2.45, 2.75) is 26.4 Å². The Morgan fingerprint density at radius 2 is 2.28 bits per heavy atom. The number of carbonyl (C=O) groups is 1. The van der Waals surface area contributed by atoms with Gasteiger partial charge >= 0.3 is 0 Å². The highest BCUT2D eigenvalue weighted by atomic mass is 19.1. The van der Waals surface area contributed by atoms with Crippen LogP contribution in [0.3, 0.4) is 0 Å². The Morgan fingerprint density at radius 1 is 1.56 bits per heavy atom. The molecule has 1 atom stereocenters. The Kier molecular flexibility index (Phi) is 5.58. The second-order valence-corrected chi connectivity index (χ2v) is 4.00. The molecule has 1 amide bonds. The molecule has 0 heterocycles. The van der Waals surface area contributed by atoms with E-state index in [1.54, 1.807) is 0 Å². The minimum atomic E-state index is -0.852. The fourth-order valence-electron chi connectivity index (χ4n) is 1.44. The van der Waals surface area contributed by atoms with Gasteiger partial charge in [-0.2, -0.15) is 0 Å². The largest absolute Gasteiger partial charge is 0.483 e. The second kappa shape index (κ2) is 6.96. The number of benzene rings is 1. The van der Waals surface area contributed by atoms with E-state index in [2.05, 4.69) is 5.32 Å². The second-order valence-electron chi connectivity index (χ2n) is 4.00. The Morgan fingerprint density at radius 3 is 2.89 bits per heavy atom. The number of nitrogens with one attached hydrogen (secondary N) is 1. The Balaban J connectivity index is 2.64. The number of hydrogen-bond acceptors (Lipinski definition) is 3. The number of ether oxygens (including phenoxy) is 1. The molecular weight excluding hydrogens is 237 g/mol. The molecule has 1 rings (SSSR count). The lowest BCUT2D eigenvalue weighted by atomic mass is 10.1. The van der Waals surface area contributed by atoms with Crippen molar-refractivity contribution in [2.75, 3.05) is 13.2 Å². The van der Waals surface area contributed by atoms with Gasteiger partial charge in [-0.1, -0.05) is 6.92 Å². The van der Waals surface area contributed by atoms with E-state index in [1.807, 2.05) is 6.92 Å². The lowest BCUT2D eigenvalue weighted by Crippen LogP contribution is -2.29. The van der Waals surface area contributed by atoms with Gasteiger partial charge in [0.15, 0.2) is 6.61 Å². The molecule has 1 aromatic carbocycles. The van der Waals surface area contributed by atoms with Crippen molar-refractivity contribution in [2.24, 2.45) is 0 Å². The maximum absolute atomic E-state index is 13.0. The maximum atomic E-state index is 13.0. The molecule has 0 saturated heterocycles. The van der Waals surface area contributed by atoms with E-state index in [4.69, 9.17) is 4.74 Å². The summed E-state index contributed by atoms with van der Waals surface area (Å²) in [7, 11) is 0. The van der Waals surface area contributed by atoms with Gasteiger partial charge < -0.3 is 15.2 Å². The highest BCUT2D eigenvalue weighted by Gasteiger charge is 2.11. The lowest BCUT2D eigenvalue weighted by molar-refractivity contribution is -0.123. The van der Waals surface area contributed by atoms with Crippen molar-refractivity contribution in [1.82, 2.24) is 5.32 Å². The fraction of sp³-hybridized carbons (Fsp3) is 0.462. The summed E-state index contributed by atoms with van der Waals surface area (Å²) in [5.74, 6) is -0.371. The summed E-state index contributed by atoms with van der Waals surface area (Å²) < 4.78 is 18.3. The van der Waals surface area contributed by atoms with Crippen molar-refractivity contribution in [3.8, 4) is 5.75 Å². The first-order valence-corrected chi connectivity index (χ1v) is 5.91. The van der Waals surface area contributed by atoms with Crippen LogP contribution in [0.2, 0.25) is 0 Å². The van der Waals surface area contributed by atoms with Crippen molar-refractivity contribution in [1.29, 1.82) is 0 Å². The summed E-state index contributed by atoms with van der Waals surface area (Å²) in [4.78, 5) is 11.4. The van der Waals surface area contributed by atoms with Gasteiger partial charge in [-0.05, 0) is 31.5 Å². The van der Waals surface area contributed by atoms with Crippen molar-refractivity contribution >= 4 is 5.91 Å². The molecule has 0 aliphatic heterocycles. The number of amides is 1. The summed E-state index contributed by atoms with van der Waals surface area (Å²) in [6.45, 7) is 3.91. The van der Waals surface area contributed by atoms with E-state index >= 15 is 0 Å². The Bertz CT molecular complexity index is 407. The Labute approximate surface area is 106 Å². The summed E-state index contributed by atoms with van der Waals surface area (Å²) in [6.07, 6.45) is -0.00398. The zero-order valence-corrected chi connectivity index (χ0v) is 10.6. The summed E-state index contributed by atoms with van der Waals surface area (Å²) in [6, 6.07) is 3.83. The van der Waals surface area contributed by atoms with E-state index in [0.717, 1.165) is 6.42 Å². The van der Waals surface area contributed by atoms with Crippen LogP contribution in [0.15, 0.2) is 18.2 Å². The van der Waals surface area contributed by atoms with Crippen LogP contribution in [0.1, 0.15) is 31.9 Å².